The zero-order chi connectivity index (χ0) is 26.0. The summed E-state index contributed by atoms with van der Waals surface area (Å²) in [4.78, 5) is 15.6. The molecule has 2 heterocycles. The smallest absolute Gasteiger partial charge is 0.316 e. The fourth-order valence-electron chi connectivity index (χ4n) is 4.40. The van der Waals surface area contributed by atoms with E-state index in [0.29, 0.717) is 67.1 Å². The number of para-hydroxylation sites is 2. The maximum Gasteiger partial charge on any atom is 0.316 e. The van der Waals surface area contributed by atoms with Crippen LogP contribution < -0.4 is 25.7 Å². The van der Waals surface area contributed by atoms with E-state index < -0.39 is 11.4 Å². The molecule has 1 aliphatic heterocycles. The second kappa shape index (κ2) is 10.6. The Bertz CT molecular complexity index is 1290. The van der Waals surface area contributed by atoms with Gasteiger partial charge in [0.15, 0.2) is 5.75 Å². The molecule has 0 bridgehead atoms. The average molecular weight is 524 g/mol. The Hall–Kier alpha value is -3.21. The Morgan fingerprint density at radius 2 is 1.81 bits per heavy atom. The van der Waals surface area contributed by atoms with Crippen LogP contribution >= 0.6 is 0 Å². The van der Waals surface area contributed by atoms with Crippen molar-refractivity contribution in [1.29, 1.82) is 0 Å². The summed E-state index contributed by atoms with van der Waals surface area (Å²) in [5.74, 6) is 1.24. The number of rotatable bonds is 9. The second-order valence-electron chi connectivity index (χ2n) is 9.93. The molecule has 1 atom stereocenters. The van der Waals surface area contributed by atoms with Gasteiger partial charge in [-0.3, -0.25) is 4.79 Å². The molecule has 37 heavy (non-hydrogen) atoms. The summed E-state index contributed by atoms with van der Waals surface area (Å²) in [7, 11) is 1.57. The second-order valence-corrected chi connectivity index (χ2v) is 11.4. The Labute approximate surface area is 220 Å². The highest BCUT2D eigenvalue weighted by molar-refractivity contribution is 7.88. The van der Waals surface area contributed by atoms with Crippen LogP contribution in [0.4, 0.5) is 11.4 Å². The van der Waals surface area contributed by atoms with Gasteiger partial charge in [-0.1, -0.05) is 37.3 Å². The lowest BCUT2D eigenvalue weighted by Crippen LogP contribution is -2.49. The lowest BCUT2D eigenvalue weighted by atomic mass is 10.2. The van der Waals surface area contributed by atoms with Crippen LogP contribution in [0.5, 0.6) is 11.5 Å². The highest BCUT2D eigenvalue weighted by Crippen LogP contribution is 2.45. The summed E-state index contributed by atoms with van der Waals surface area (Å²) < 4.78 is 27.9. The van der Waals surface area contributed by atoms with Crippen LogP contribution in [-0.4, -0.2) is 58.5 Å². The average Bonchev–Trinajstić information content (AvgIpc) is 3.66. The van der Waals surface area contributed by atoms with Gasteiger partial charge >= 0.3 is 5.56 Å². The monoisotopic (exact) mass is 523 g/mol. The highest BCUT2D eigenvalue weighted by Gasteiger charge is 2.39. The molecule has 5 rings (SSSR count). The van der Waals surface area contributed by atoms with Crippen molar-refractivity contribution in [2.24, 2.45) is 5.41 Å². The Kier molecular flexibility index (Phi) is 7.32. The van der Waals surface area contributed by atoms with Gasteiger partial charge in [0.25, 0.3) is 0 Å². The number of piperazine rings is 1. The Morgan fingerprint density at radius 1 is 1.08 bits per heavy atom. The van der Waals surface area contributed by atoms with E-state index in [1.54, 1.807) is 19.4 Å². The number of nitrogen functional groups attached to an aromatic ring is 1. The number of nitrogens with zero attached hydrogens (tertiary/aromatic N) is 4. The fraction of sp³-hybridized carbons (Fsp3) is 0.407. The van der Waals surface area contributed by atoms with Crippen molar-refractivity contribution < 1.29 is 14.0 Å². The van der Waals surface area contributed by atoms with Gasteiger partial charge in [0.1, 0.15) is 11.4 Å². The van der Waals surface area contributed by atoms with Crippen LogP contribution in [-0.2, 0) is 17.1 Å². The van der Waals surface area contributed by atoms with E-state index in [1.807, 2.05) is 46.8 Å². The molecule has 0 radical (unpaired) electrons. The van der Waals surface area contributed by atoms with Crippen molar-refractivity contribution >= 4 is 22.7 Å². The van der Waals surface area contributed by atoms with Gasteiger partial charge in [0, 0.05) is 35.4 Å². The summed E-state index contributed by atoms with van der Waals surface area (Å²) in [6.45, 7) is 5.03. The molecule has 2 N–H and O–H groups in total. The molecule has 1 aromatic heterocycles. The molecule has 2 aromatic carbocycles. The minimum atomic E-state index is -1.24. The first kappa shape index (κ1) is 25.4. The number of methoxy groups -OCH3 is 1. The number of benzene rings is 2. The summed E-state index contributed by atoms with van der Waals surface area (Å²) in [6, 6.07) is 14.9. The van der Waals surface area contributed by atoms with Crippen molar-refractivity contribution in [2.45, 2.75) is 25.5 Å². The predicted molar refractivity (Wildman–Crippen MR) is 146 cm³/mol. The lowest BCUT2D eigenvalue weighted by molar-refractivity contribution is 0.242. The van der Waals surface area contributed by atoms with Crippen molar-refractivity contribution in [3.8, 4) is 17.2 Å². The molecular weight excluding hydrogens is 490 g/mol. The molecule has 196 valence electrons. The first-order chi connectivity index (χ1) is 17.9. The van der Waals surface area contributed by atoms with Gasteiger partial charge in [0.2, 0.25) is 5.75 Å². The van der Waals surface area contributed by atoms with Crippen molar-refractivity contribution in [1.82, 2.24) is 14.1 Å². The third-order valence-corrected chi connectivity index (χ3v) is 8.61. The number of hydrogen-bond donors (Lipinski definition) is 1. The van der Waals surface area contributed by atoms with E-state index in [2.05, 4.69) is 16.9 Å². The van der Waals surface area contributed by atoms with E-state index in [9.17, 15) is 9.35 Å². The van der Waals surface area contributed by atoms with Crippen LogP contribution in [0.3, 0.4) is 0 Å². The molecule has 2 aliphatic rings. The molecule has 0 spiro atoms. The standard InChI is InChI=1S/C27H33N5O4S/c1-27(11-12-27)19-36-25-22(17-29-32(26(25)33)21-8-4-3-5-9-21)30-13-15-31(16-14-30)37(34)18-20-7-6-10-23(35-2)24(20)28/h3-10,17H,11-16,18-19,28H2,1-2H3. The van der Waals surface area contributed by atoms with Crippen LogP contribution in [0.2, 0.25) is 0 Å². The van der Waals surface area contributed by atoms with E-state index in [4.69, 9.17) is 15.2 Å². The Balaban J connectivity index is 1.32. The number of aromatic nitrogens is 2. The van der Waals surface area contributed by atoms with E-state index in [-0.39, 0.29) is 11.0 Å². The molecule has 1 saturated carbocycles. The van der Waals surface area contributed by atoms with E-state index in [1.165, 1.54) is 4.68 Å². The summed E-state index contributed by atoms with van der Waals surface area (Å²) in [5, 5.41) is 4.46. The van der Waals surface area contributed by atoms with E-state index >= 15 is 0 Å². The highest BCUT2D eigenvalue weighted by atomic mass is 32.2. The van der Waals surface area contributed by atoms with Crippen molar-refractivity contribution in [3.63, 3.8) is 0 Å². The quantitative estimate of drug-likeness (QED) is 0.337. The molecule has 0 amide bonds. The summed E-state index contributed by atoms with van der Waals surface area (Å²) in [6.07, 6.45) is 3.91. The molecule has 9 nitrogen and oxygen atoms in total. The predicted octanol–water partition coefficient (Wildman–Crippen LogP) is 2.99. The maximum absolute atomic E-state index is 13.5. The minimum absolute atomic E-state index is 0.127. The summed E-state index contributed by atoms with van der Waals surface area (Å²) in [5.41, 5.74) is 8.74. The first-order valence-electron chi connectivity index (χ1n) is 12.5. The Morgan fingerprint density at radius 3 is 2.49 bits per heavy atom. The van der Waals surface area contributed by atoms with Gasteiger partial charge in [-0.2, -0.15) is 9.78 Å². The van der Waals surface area contributed by atoms with Crippen LogP contribution in [0, 0.1) is 5.41 Å². The number of hydrogen-bond acceptors (Lipinski definition) is 8. The largest absolute Gasteiger partial charge is 0.598 e. The van der Waals surface area contributed by atoms with Crippen LogP contribution in [0.1, 0.15) is 25.3 Å². The SMILES string of the molecule is COc1cccc(C[S+]([O-])N2CCN(c3cnn(-c4ccccc4)c(=O)c3OCC3(C)CC3)CC2)c1N. The normalized spacial score (nSPS) is 17.9. The molecule has 2 fully saturated rings. The van der Waals surface area contributed by atoms with Gasteiger partial charge in [-0.05, 0) is 31.0 Å². The summed E-state index contributed by atoms with van der Waals surface area (Å²) >= 11 is -1.24. The minimum Gasteiger partial charge on any atom is -0.598 e. The number of nitrogens with two attached hydrogens (primary N) is 1. The van der Waals surface area contributed by atoms with Gasteiger partial charge < -0.3 is 24.7 Å². The third-order valence-electron chi connectivity index (χ3n) is 7.11. The number of anilines is 2. The topological polar surface area (TPSA) is 109 Å². The third kappa shape index (κ3) is 5.56. The zero-order valence-electron chi connectivity index (χ0n) is 21.3. The molecule has 1 aliphatic carbocycles. The maximum atomic E-state index is 13.5. The first-order valence-corrected chi connectivity index (χ1v) is 13.8. The molecular formula is C27H33N5O4S. The fourth-order valence-corrected chi connectivity index (χ4v) is 5.67. The van der Waals surface area contributed by atoms with E-state index in [0.717, 1.165) is 18.4 Å². The zero-order valence-corrected chi connectivity index (χ0v) is 22.1. The van der Waals surface area contributed by atoms with Crippen molar-refractivity contribution in [3.05, 3.63) is 70.6 Å². The molecule has 3 aromatic rings. The van der Waals surface area contributed by atoms with Crippen LogP contribution in [0.15, 0.2) is 59.5 Å². The van der Waals surface area contributed by atoms with Gasteiger partial charge in [-0.15, -0.1) is 4.31 Å². The molecule has 1 unspecified atom stereocenters. The number of ether oxygens (including phenoxy) is 2. The van der Waals surface area contributed by atoms with Crippen molar-refractivity contribution in [2.75, 3.05) is 50.5 Å². The molecule has 1 saturated heterocycles. The van der Waals surface area contributed by atoms with Crippen LogP contribution in [0.25, 0.3) is 5.69 Å². The van der Waals surface area contributed by atoms with Gasteiger partial charge in [0.05, 0.1) is 44.4 Å². The lowest BCUT2D eigenvalue weighted by Gasteiger charge is -2.36. The molecule has 10 heteroatoms. The van der Waals surface area contributed by atoms with Gasteiger partial charge in [-0.25, -0.2) is 0 Å².